The maximum atomic E-state index is 10.9. The molecule has 4 heteroatoms. The van der Waals surface area contributed by atoms with Crippen molar-refractivity contribution in [3.63, 3.8) is 0 Å². The van der Waals surface area contributed by atoms with Gasteiger partial charge in [-0.1, -0.05) is 18.7 Å². The first-order valence-corrected chi connectivity index (χ1v) is 3.44. The summed E-state index contributed by atoms with van der Waals surface area (Å²) in [6.45, 7) is 3.38. The lowest BCUT2D eigenvalue weighted by molar-refractivity contribution is -0.137. The van der Waals surface area contributed by atoms with E-state index in [4.69, 9.17) is 5.11 Å². The fourth-order valence-electron chi connectivity index (χ4n) is 0.598. The second kappa shape index (κ2) is 5.77. The normalized spacial score (nSPS) is 11.3. The fourth-order valence-corrected chi connectivity index (χ4v) is 0.598. The summed E-state index contributed by atoms with van der Waals surface area (Å²) in [6, 6.07) is 0. The van der Waals surface area contributed by atoms with Crippen molar-refractivity contribution in [1.29, 1.82) is 0 Å². The Hall–Kier alpha value is -1.84. The van der Waals surface area contributed by atoms with Gasteiger partial charge in [0.15, 0.2) is 0 Å². The molecule has 13 heavy (non-hydrogen) atoms. The van der Waals surface area contributed by atoms with Crippen LogP contribution in [0.15, 0.2) is 36.5 Å². The standard InChI is InChI=1S/C9H10O4/c1-3-4-5-7(6-8(10)11)9(12)13-2/h3-6H,1H2,2H3,(H,10,11)/b5-4?,7-6-. The van der Waals surface area contributed by atoms with Crippen LogP contribution >= 0.6 is 0 Å². The first-order valence-electron chi connectivity index (χ1n) is 3.44. The molecule has 0 saturated carbocycles. The van der Waals surface area contributed by atoms with Crippen LogP contribution in [-0.4, -0.2) is 24.2 Å². The van der Waals surface area contributed by atoms with Gasteiger partial charge in [0.25, 0.3) is 0 Å². The molecule has 0 aliphatic rings. The van der Waals surface area contributed by atoms with Crippen LogP contribution in [0.25, 0.3) is 0 Å². The summed E-state index contributed by atoms with van der Waals surface area (Å²) in [5, 5.41) is 8.38. The lowest BCUT2D eigenvalue weighted by atomic mass is 10.2. The number of carbonyl (C=O) groups excluding carboxylic acids is 1. The summed E-state index contributed by atoms with van der Waals surface area (Å²) in [5.74, 6) is -1.89. The zero-order valence-electron chi connectivity index (χ0n) is 7.19. The fraction of sp³-hybridized carbons (Fsp3) is 0.111. The SMILES string of the molecule is C=CC=C/C(=C/C(=O)O)C(=O)OC. The largest absolute Gasteiger partial charge is 0.478 e. The molecule has 0 rings (SSSR count). The minimum absolute atomic E-state index is 0.0325. The third-order valence-corrected chi connectivity index (χ3v) is 1.11. The highest BCUT2D eigenvalue weighted by atomic mass is 16.5. The Bertz CT molecular complexity index is 273. The number of carboxylic acids is 1. The summed E-state index contributed by atoms with van der Waals surface area (Å²) < 4.78 is 4.35. The van der Waals surface area contributed by atoms with Crippen LogP contribution < -0.4 is 0 Å². The van der Waals surface area contributed by atoms with E-state index in [1.807, 2.05) is 0 Å². The third-order valence-electron chi connectivity index (χ3n) is 1.11. The van der Waals surface area contributed by atoms with Crippen LogP contribution in [0.2, 0.25) is 0 Å². The number of carbonyl (C=O) groups is 2. The van der Waals surface area contributed by atoms with E-state index in [2.05, 4.69) is 11.3 Å². The number of carboxylic acid groups (broad SMARTS) is 1. The lowest BCUT2D eigenvalue weighted by Gasteiger charge is -1.96. The molecule has 4 nitrogen and oxygen atoms in total. The molecule has 0 amide bonds. The molecule has 70 valence electrons. The molecule has 0 heterocycles. The summed E-state index contributed by atoms with van der Waals surface area (Å²) in [6.07, 6.45) is 4.96. The number of rotatable bonds is 4. The first-order chi connectivity index (χ1) is 6.11. The Balaban J connectivity index is 4.74. The Morgan fingerprint density at radius 1 is 1.46 bits per heavy atom. The number of allylic oxidation sites excluding steroid dienone is 2. The lowest BCUT2D eigenvalue weighted by Crippen LogP contribution is -2.05. The van der Waals surface area contributed by atoms with Crippen molar-refractivity contribution in [3.05, 3.63) is 36.5 Å². The monoisotopic (exact) mass is 182 g/mol. The molecule has 0 atom stereocenters. The van der Waals surface area contributed by atoms with Crippen molar-refractivity contribution in [3.8, 4) is 0 Å². The summed E-state index contributed by atoms with van der Waals surface area (Å²) >= 11 is 0. The molecule has 0 aliphatic carbocycles. The van der Waals surface area contributed by atoms with Gasteiger partial charge in [0.2, 0.25) is 0 Å². The van der Waals surface area contributed by atoms with Gasteiger partial charge in [-0.25, -0.2) is 9.59 Å². The van der Waals surface area contributed by atoms with E-state index in [0.717, 1.165) is 6.08 Å². The molecule has 0 aromatic rings. The Morgan fingerprint density at radius 2 is 2.08 bits per heavy atom. The number of methoxy groups -OCH3 is 1. The van der Waals surface area contributed by atoms with Crippen molar-refractivity contribution in [2.45, 2.75) is 0 Å². The predicted molar refractivity (Wildman–Crippen MR) is 47.1 cm³/mol. The quantitative estimate of drug-likeness (QED) is 0.399. The molecule has 0 spiro atoms. The van der Waals surface area contributed by atoms with Crippen molar-refractivity contribution >= 4 is 11.9 Å². The third kappa shape index (κ3) is 4.58. The number of hydrogen-bond acceptors (Lipinski definition) is 3. The maximum Gasteiger partial charge on any atom is 0.338 e. The summed E-state index contributed by atoms with van der Waals surface area (Å²) in [5.41, 5.74) is -0.0325. The van der Waals surface area contributed by atoms with E-state index in [9.17, 15) is 9.59 Å². The van der Waals surface area contributed by atoms with Crippen LogP contribution in [0.5, 0.6) is 0 Å². The molecular formula is C9H10O4. The molecule has 0 unspecified atom stereocenters. The smallest absolute Gasteiger partial charge is 0.338 e. The average molecular weight is 182 g/mol. The number of ether oxygens (including phenoxy) is 1. The van der Waals surface area contributed by atoms with Gasteiger partial charge < -0.3 is 9.84 Å². The molecule has 0 aliphatic heterocycles. The van der Waals surface area contributed by atoms with Gasteiger partial charge in [0.05, 0.1) is 12.7 Å². The highest BCUT2D eigenvalue weighted by molar-refractivity contribution is 5.98. The first kappa shape index (κ1) is 11.2. The Kier molecular flexibility index (Phi) is 4.95. The van der Waals surface area contributed by atoms with Crippen LogP contribution in [0.3, 0.4) is 0 Å². The summed E-state index contributed by atoms with van der Waals surface area (Å²) in [7, 11) is 1.18. The minimum Gasteiger partial charge on any atom is -0.478 e. The van der Waals surface area contributed by atoms with Gasteiger partial charge in [-0.05, 0) is 6.08 Å². The van der Waals surface area contributed by atoms with Crippen molar-refractivity contribution in [2.75, 3.05) is 7.11 Å². The molecule has 0 radical (unpaired) electrons. The van der Waals surface area contributed by atoms with Crippen molar-refractivity contribution < 1.29 is 19.4 Å². The van der Waals surface area contributed by atoms with Crippen LogP contribution in [-0.2, 0) is 14.3 Å². The molecule has 0 aromatic heterocycles. The Morgan fingerprint density at radius 3 is 2.46 bits per heavy atom. The average Bonchev–Trinajstić information content (AvgIpc) is 2.10. The molecular weight excluding hydrogens is 172 g/mol. The Labute approximate surface area is 75.8 Å². The van der Waals surface area contributed by atoms with Gasteiger partial charge in [-0.3, -0.25) is 0 Å². The molecule has 0 saturated heterocycles. The van der Waals surface area contributed by atoms with E-state index >= 15 is 0 Å². The maximum absolute atomic E-state index is 10.9. The zero-order chi connectivity index (χ0) is 10.3. The number of hydrogen-bond donors (Lipinski definition) is 1. The number of aliphatic carboxylic acids is 1. The highest BCUT2D eigenvalue weighted by Gasteiger charge is 2.06. The second-order valence-corrected chi connectivity index (χ2v) is 2.02. The van der Waals surface area contributed by atoms with Gasteiger partial charge >= 0.3 is 11.9 Å². The second-order valence-electron chi connectivity index (χ2n) is 2.02. The van der Waals surface area contributed by atoms with E-state index in [1.54, 1.807) is 0 Å². The topological polar surface area (TPSA) is 63.6 Å². The van der Waals surface area contributed by atoms with Gasteiger partial charge in [0.1, 0.15) is 0 Å². The van der Waals surface area contributed by atoms with Gasteiger partial charge in [0, 0.05) is 6.08 Å². The van der Waals surface area contributed by atoms with Crippen molar-refractivity contribution in [2.24, 2.45) is 0 Å². The van der Waals surface area contributed by atoms with E-state index in [0.29, 0.717) is 0 Å². The summed E-state index contributed by atoms with van der Waals surface area (Å²) in [4.78, 5) is 21.2. The molecule has 1 N–H and O–H groups in total. The van der Waals surface area contributed by atoms with E-state index in [-0.39, 0.29) is 5.57 Å². The van der Waals surface area contributed by atoms with E-state index in [1.165, 1.54) is 25.3 Å². The van der Waals surface area contributed by atoms with E-state index < -0.39 is 11.9 Å². The van der Waals surface area contributed by atoms with Crippen LogP contribution in [0.1, 0.15) is 0 Å². The predicted octanol–water partition coefficient (Wildman–Crippen LogP) is 0.913. The molecule has 0 aromatic carbocycles. The molecule has 0 bridgehead atoms. The zero-order valence-corrected chi connectivity index (χ0v) is 7.19. The minimum atomic E-state index is -1.20. The van der Waals surface area contributed by atoms with Crippen molar-refractivity contribution in [1.82, 2.24) is 0 Å². The van der Waals surface area contributed by atoms with Crippen LogP contribution in [0, 0.1) is 0 Å². The highest BCUT2D eigenvalue weighted by Crippen LogP contribution is 1.99. The molecule has 0 fully saturated rings. The van der Waals surface area contributed by atoms with Gasteiger partial charge in [-0.2, -0.15) is 0 Å². The van der Waals surface area contributed by atoms with Gasteiger partial charge in [-0.15, -0.1) is 0 Å². The van der Waals surface area contributed by atoms with Crippen LogP contribution in [0.4, 0.5) is 0 Å². The number of esters is 1.